The van der Waals surface area contributed by atoms with Gasteiger partial charge in [0.15, 0.2) is 5.69 Å². The van der Waals surface area contributed by atoms with Gasteiger partial charge in [-0.1, -0.05) is 18.2 Å². The number of amides is 1. The minimum Gasteiger partial charge on any atom is -0.497 e. The first-order chi connectivity index (χ1) is 14.7. The molecule has 2 aromatic carbocycles. The molecule has 6 heteroatoms. The van der Waals surface area contributed by atoms with Gasteiger partial charge in [-0.05, 0) is 61.7 Å². The maximum Gasteiger partial charge on any atom is 0.272 e. The zero-order chi connectivity index (χ0) is 20.5. The third-order valence-electron chi connectivity index (χ3n) is 6.14. The summed E-state index contributed by atoms with van der Waals surface area (Å²) in [5.41, 5.74) is 3.16. The highest BCUT2D eigenvalue weighted by molar-refractivity contribution is 5.94. The predicted octanol–water partition coefficient (Wildman–Crippen LogP) is 3.85. The molecule has 154 valence electrons. The number of methoxy groups -OCH3 is 1. The second-order valence-electron chi connectivity index (χ2n) is 7.92. The fraction of sp³-hybridized carbons (Fsp3) is 0.333. The molecular weight excluding hydrogens is 378 g/mol. The van der Waals surface area contributed by atoms with Gasteiger partial charge in [-0.3, -0.25) is 4.79 Å². The molecule has 2 heterocycles. The van der Waals surface area contributed by atoms with Crippen molar-refractivity contribution in [2.24, 2.45) is 5.92 Å². The molecule has 1 aliphatic carbocycles. The van der Waals surface area contributed by atoms with Crippen LogP contribution < -0.4 is 10.1 Å². The Kier molecular flexibility index (Phi) is 5.01. The average Bonchev–Trinajstić information content (AvgIpc) is 3.24. The number of benzene rings is 2. The van der Waals surface area contributed by atoms with Crippen LogP contribution in [0.4, 0.5) is 0 Å². The monoisotopic (exact) mass is 403 g/mol. The molecule has 1 aromatic heterocycles. The minimum absolute atomic E-state index is 0.131. The predicted molar refractivity (Wildman–Crippen MR) is 114 cm³/mol. The number of carbonyl (C=O) groups is 1. The lowest BCUT2D eigenvalue weighted by Crippen LogP contribution is -2.57. The highest BCUT2D eigenvalue weighted by Gasteiger charge is 2.44. The standard InChI is InChI=1S/C24H25N3O3/c1-29-18-11-9-16(10-12-18)22-14-21(26-27(22)17-6-3-2-4-7-17)24(28)25-20-15-23-19(20)8-5-13-30-23/h2-4,6-7,9-12,14,19-20,23H,5,8,13,15H2,1H3,(H,25,28). The summed E-state index contributed by atoms with van der Waals surface area (Å²) in [5, 5.41) is 7.84. The lowest BCUT2D eigenvalue weighted by atomic mass is 9.72. The van der Waals surface area contributed by atoms with Crippen LogP contribution in [0, 0.1) is 5.92 Å². The molecule has 1 N–H and O–H groups in total. The summed E-state index contributed by atoms with van der Waals surface area (Å²) in [5.74, 6) is 1.09. The molecule has 0 bridgehead atoms. The smallest absolute Gasteiger partial charge is 0.272 e. The van der Waals surface area contributed by atoms with Crippen LogP contribution in [0.1, 0.15) is 29.8 Å². The minimum atomic E-state index is -0.131. The van der Waals surface area contributed by atoms with E-state index in [1.165, 1.54) is 0 Å². The first-order valence-electron chi connectivity index (χ1n) is 10.5. The fourth-order valence-corrected chi connectivity index (χ4v) is 4.43. The van der Waals surface area contributed by atoms with E-state index in [2.05, 4.69) is 10.4 Å². The Morgan fingerprint density at radius 3 is 2.70 bits per heavy atom. The number of carbonyl (C=O) groups excluding carboxylic acids is 1. The van der Waals surface area contributed by atoms with Crippen LogP contribution in [0.15, 0.2) is 60.7 Å². The topological polar surface area (TPSA) is 65.4 Å². The Morgan fingerprint density at radius 2 is 1.97 bits per heavy atom. The lowest BCUT2D eigenvalue weighted by molar-refractivity contribution is -0.100. The van der Waals surface area contributed by atoms with Crippen LogP contribution in [-0.2, 0) is 4.74 Å². The van der Waals surface area contributed by atoms with Gasteiger partial charge >= 0.3 is 0 Å². The Balaban J connectivity index is 1.44. The molecule has 5 rings (SSSR count). The van der Waals surface area contributed by atoms with Crippen LogP contribution in [0.2, 0.25) is 0 Å². The molecular formula is C24H25N3O3. The van der Waals surface area contributed by atoms with E-state index < -0.39 is 0 Å². The van der Waals surface area contributed by atoms with Gasteiger partial charge in [-0.15, -0.1) is 0 Å². The molecule has 2 aliphatic rings. The van der Waals surface area contributed by atoms with Crippen molar-refractivity contribution in [3.8, 4) is 22.7 Å². The zero-order valence-electron chi connectivity index (χ0n) is 17.0. The number of nitrogens with zero attached hydrogens (tertiary/aromatic N) is 2. The largest absolute Gasteiger partial charge is 0.497 e. The summed E-state index contributed by atoms with van der Waals surface area (Å²) in [6.45, 7) is 0.842. The molecule has 1 amide bonds. The summed E-state index contributed by atoms with van der Waals surface area (Å²) in [4.78, 5) is 13.0. The zero-order valence-corrected chi connectivity index (χ0v) is 17.0. The Morgan fingerprint density at radius 1 is 1.17 bits per heavy atom. The van der Waals surface area contributed by atoms with Crippen molar-refractivity contribution in [1.29, 1.82) is 0 Å². The Hall–Kier alpha value is -3.12. The van der Waals surface area contributed by atoms with Crippen molar-refractivity contribution in [2.45, 2.75) is 31.4 Å². The van der Waals surface area contributed by atoms with Crippen LogP contribution >= 0.6 is 0 Å². The first kappa shape index (κ1) is 18.9. The van der Waals surface area contributed by atoms with Crippen LogP contribution in [-0.4, -0.2) is 41.6 Å². The second-order valence-corrected chi connectivity index (χ2v) is 7.92. The molecule has 1 saturated carbocycles. The van der Waals surface area contributed by atoms with Crippen molar-refractivity contribution in [3.05, 3.63) is 66.4 Å². The maximum absolute atomic E-state index is 13.0. The molecule has 6 nitrogen and oxygen atoms in total. The number of hydrogen-bond donors (Lipinski definition) is 1. The summed E-state index contributed by atoms with van der Waals surface area (Å²) < 4.78 is 12.9. The highest BCUT2D eigenvalue weighted by Crippen LogP contribution is 2.38. The number of rotatable bonds is 5. The van der Waals surface area contributed by atoms with Crippen molar-refractivity contribution in [1.82, 2.24) is 15.1 Å². The summed E-state index contributed by atoms with van der Waals surface area (Å²) in [6.07, 6.45) is 3.38. The van der Waals surface area contributed by atoms with E-state index >= 15 is 0 Å². The van der Waals surface area contributed by atoms with E-state index in [9.17, 15) is 4.79 Å². The number of nitrogens with one attached hydrogen (secondary N) is 1. The van der Waals surface area contributed by atoms with Gasteiger partial charge < -0.3 is 14.8 Å². The van der Waals surface area contributed by atoms with E-state index in [0.717, 1.165) is 48.6 Å². The van der Waals surface area contributed by atoms with Crippen molar-refractivity contribution in [3.63, 3.8) is 0 Å². The molecule has 3 aromatic rings. The van der Waals surface area contributed by atoms with Crippen molar-refractivity contribution < 1.29 is 14.3 Å². The summed E-state index contributed by atoms with van der Waals surface area (Å²) >= 11 is 0. The van der Waals surface area contributed by atoms with Crippen molar-refractivity contribution >= 4 is 5.91 Å². The number of para-hydroxylation sites is 1. The van der Waals surface area contributed by atoms with Gasteiger partial charge in [0.2, 0.25) is 0 Å². The molecule has 3 atom stereocenters. The van der Waals surface area contributed by atoms with Crippen LogP contribution in [0.3, 0.4) is 0 Å². The van der Waals surface area contributed by atoms with Crippen LogP contribution in [0.25, 0.3) is 16.9 Å². The van der Waals surface area contributed by atoms with Gasteiger partial charge in [0, 0.05) is 24.1 Å². The quantitative estimate of drug-likeness (QED) is 0.703. The average molecular weight is 403 g/mol. The van der Waals surface area contributed by atoms with Gasteiger partial charge in [0.1, 0.15) is 5.75 Å². The van der Waals surface area contributed by atoms with Gasteiger partial charge in [-0.25, -0.2) is 4.68 Å². The third-order valence-corrected chi connectivity index (χ3v) is 6.14. The molecule has 0 radical (unpaired) electrons. The molecule has 0 spiro atoms. The lowest BCUT2D eigenvalue weighted by Gasteiger charge is -2.47. The number of aromatic nitrogens is 2. The molecule has 1 saturated heterocycles. The molecule has 2 fully saturated rings. The fourth-order valence-electron chi connectivity index (χ4n) is 4.43. The molecule has 30 heavy (non-hydrogen) atoms. The van der Waals surface area contributed by atoms with E-state index in [1.54, 1.807) is 7.11 Å². The first-order valence-corrected chi connectivity index (χ1v) is 10.5. The van der Waals surface area contributed by atoms with Gasteiger partial charge in [0.25, 0.3) is 5.91 Å². The van der Waals surface area contributed by atoms with E-state index in [4.69, 9.17) is 9.47 Å². The van der Waals surface area contributed by atoms with E-state index in [-0.39, 0.29) is 11.9 Å². The van der Waals surface area contributed by atoms with E-state index in [0.29, 0.717) is 17.7 Å². The maximum atomic E-state index is 13.0. The summed E-state index contributed by atoms with van der Waals surface area (Å²) in [7, 11) is 1.65. The van der Waals surface area contributed by atoms with Crippen LogP contribution in [0.5, 0.6) is 5.75 Å². The summed E-state index contributed by atoms with van der Waals surface area (Å²) in [6, 6.07) is 19.7. The Bertz CT molecular complexity index is 1030. The number of fused-ring (bicyclic) bond motifs is 1. The third kappa shape index (κ3) is 3.48. The normalized spacial score (nSPS) is 22.6. The van der Waals surface area contributed by atoms with Gasteiger partial charge in [0.05, 0.1) is 24.6 Å². The number of hydrogen-bond acceptors (Lipinski definition) is 4. The molecule has 3 unspecified atom stereocenters. The number of ether oxygens (including phenoxy) is 2. The SMILES string of the molecule is COc1ccc(-c2cc(C(=O)NC3CC4OCCCC34)nn2-c2ccccc2)cc1. The highest BCUT2D eigenvalue weighted by atomic mass is 16.5. The van der Waals surface area contributed by atoms with E-state index in [1.807, 2.05) is 65.3 Å². The Labute approximate surface area is 175 Å². The second kappa shape index (κ2) is 7.95. The van der Waals surface area contributed by atoms with Crippen molar-refractivity contribution in [2.75, 3.05) is 13.7 Å². The van der Waals surface area contributed by atoms with Gasteiger partial charge in [-0.2, -0.15) is 5.10 Å². The molecule has 1 aliphatic heterocycles.